The van der Waals surface area contributed by atoms with Gasteiger partial charge in [-0.25, -0.2) is 0 Å². The van der Waals surface area contributed by atoms with Crippen LogP contribution in [0, 0.1) is 5.92 Å². The van der Waals surface area contributed by atoms with Crippen molar-refractivity contribution in [3.05, 3.63) is 29.8 Å². The van der Waals surface area contributed by atoms with E-state index in [1.807, 2.05) is 31.2 Å². The number of rotatable bonds is 4. The largest absolute Gasteiger partial charge is 0.494 e. The molecule has 1 heterocycles. The molecule has 1 aromatic carbocycles. The van der Waals surface area contributed by atoms with Crippen molar-refractivity contribution >= 4 is 5.78 Å². The Balaban J connectivity index is 2.09. The van der Waals surface area contributed by atoms with E-state index in [0.717, 1.165) is 37.2 Å². The molecular weight excluding hydrogens is 214 g/mol. The van der Waals surface area contributed by atoms with Gasteiger partial charge in [0.05, 0.1) is 6.61 Å². The number of hydrogen-bond donors (Lipinski definition) is 1. The first kappa shape index (κ1) is 12.1. The number of carbonyl (C=O) groups is 1. The van der Waals surface area contributed by atoms with Gasteiger partial charge in [0.25, 0.3) is 0 Å². The molecule has 1 aliphatic rings. The van der Waals surface area contributed by atoms with Gasteiger partial charge in [0.1, 0.15) is 5.75 Å². The van der Waals surface area contributed by atoms with Crippen molar-refractivity contribution in [2.45, 2.75) is 19.8 Å². The number of ether oxygens (including phenoxy) is 1. The Kier molecular flexibility index (Phi) is 4.15. The van der Waals surface area contributed by atoms with Crippen molar-refractivity contribution in [1.29, 1.82) is 0 Å². The number of benzene rings is 1. The van der Waals surface area contributed by atoms with Gasteiger partial charge in [-0.1, -0.05) is 12.1 Å². The van der Waals surface area contributed by atoms with Gasteiger partial charge in [-0.2, -0.15) is 0 Å². The van der Waals surface area contributed by atoms with Crippen molar-refractivity contribution in [3.8, 4) is 5.75 Å². The van der Waals surface area contributed by atoms with Gasteiger partial charge < -0.3 is 10.1 Å². The first-order valence-corrected chi connectivity index (χ1v) is 6.29. The minimum absolute atomic E-state index is 0.126. The maximum absolute atomic E-state index is 12.3. The lowest BCUT2D eigenvalue weighted by molar-refractivity contribution is 0.0899. The van der Waals surface area contributed by atoms with E-state index in [4.69, 9.17) is 4.74 Å². The normalized spacial score (nSPS) is 19.9. The van der Waals surface area contributed by atoms with Crippen molar-refractivity contribution in [2.75, 3.05) is 19.7 Å². The van der Waals surface area contributed by atoms with Crippen molar-refractivity contribution in [3.63, 3.8) is 0 Å². The summed E-state index contributed by atoms with van der Waals surface area (Å²) in [4.78, 5) is 12.3. The Hall–Kier alpha value is -1.35. The smallest absolute Gasteiger partial charge is 0.167 e. The molecule has 1 unspecified atom stereocenters. The molecule has 0 amide bonds. The summed E-state index contributed by atoms with van der Waals surface area (Å²) in [5.41, 5.74) is 0.768. The number of ketones is 1. The molecule has 0 bridgehead atoms. The highest BCUT2D eigenvalue weighted by Gasteiger charge is 2.22. The Morgan fingerprint density at radius 2 is 2.41 bits per heavy atom. The molecule has 1 fully saturated rings. The zero-order valence-electron chi connectivity index (χ0n) is 10.2. The molecule has 1 atom stereocenters. The number of Topliss-reactive ketones (excluding diaryl/α,β-unsaturated/α-hetero) is 1. The molecular formula is C14H19NO2. The fourth-order valence-corrected chi connectivity index (χ4v) is 2.22. The lowest BCUT2D eigenvalue weighted by atomic mass is 9.91. The van der Waals surface area contributed by atoms with E-state index >= 15 is 0 Å². The van der Waals surface area contributed by atoms with E-state index in [1.165, 1.54) is 0 Å². The number of piperidine rings is 1. The van der Waals surface area contributed by atoms with Crippen LogP contribution < -0.4 is 10.1 Å². The molecule has 1 aliphatic heterocycles. The third-order valence-corrected chi connectivity index (χ3v) is 3.10. The first-order chi connectivity index (χ1) is 8.31. The first-order valence-electron chi connectivity index (χ1n) is 6.29. The molecule has 3 nitrogen and oxygen atoms in total. The zero-order chi connectivity index (χ0) is 12.1. The Labute approximate surface area is 102 Å². The van der Waals surface area contributed by atoms with Gasteiger partial charge in [-0.15, -0.1) is 0 Å². The molecule has 2 rings (SSSR count). The van der Waals surface area contributed by atoms with Crippen molar-refractivity contribution < 1.29 is 9.53 Å². The molecule has 1 saturated heterocycles. The summed E-state index contributed by atoms with van der Waals surface area (Å²) < 4.78 is 5.42. The highest BCUT2D eigenvalue weighted by atomic mass is 16.5. The van der Waals surface area contributed by atoms with Gasteiger partial charge in [0.2, 0.25) is 0 Å². The zero-order valence-corrected chi connectivity index (χ0v) is 10.2. The summed E-state index contributed by atoms with van der Waals surface area (Å²) in [5.74, 6) is 1.14. The lowest BCUT2D eigenvalue weighted by Gasteiger charge is -2.21. The fraction of sp³-hybridized carbons (Fsp3) is 0.500. The molecule has 0 spiro atoms. The fourth-order valence-electron chi connectivity index (χ4n) is 2.22. The topological polar surface area (TPSA) is 38.3 Å². The second-order valence-corrected chi connectivity index (χ2v) is 4.37. The third-order valence-electron chi connectivity index (χ3n) is 3.10. The summed E-state index contributed by atoms with van der Waals surface area (Å²) in [6.45, 7) is 4.41. The average Bonchev–Trinajstić information content (AvgIpc) is 2.40. The van der Waals surface area contributed by atoms with Gasteiger partial charge in [-0.3, -0.25) is 4.79 Å². The maximum Gasteiger partial charge on any atom is 0.167 e. The minimum atomic E-state index is 0.126. The van der Waals surface area contributed by atoms with Gasteiger partial charge in [-0.05, 0) is 38.4 Å². The monoisotopic (exact) mass is 233 g/mol. The highest BCUT2D eigenvalue weighted by molar-refractivity contribution is 5.98. The predicted octanol–water partition coefficient (Wildman–Crippen LogP) is 2.27. The van der Waals surface area contributed by atoms with Crippen LogP contribution in [-0.2, 0) is 0 Å². The summed E-state index contributed by atoms with van der Waals surface area (Å²) in [5, 5.41) is 3.27. The maximum atomic E-state index is 12.3. The Morgan fingerprint density at radius 3 is 3.12 bits per heavy atom. The summed E-state index contributed by atoms with van der Waals surface area (Å²) in [7, 11) is 0. The number of hydrogen-bond acceptors (Lipinski definition) is 3. The lowest BCUT2D eigenvalue weighted by Crippen LogP contribution is -2.34. The van der Waals surface area contributed by atoms with Crippen molar-refractivity contribution in [1.82, 2.24) is 5.32 Å². The summed E-state index contributed by atoms with van der Waals surface area (Å²) in [6.07, 6.45) is 2.08. The van der Waals surface area contributed by atoms with Gasteiger partial charge in [0.15, 0.2) is 5.78 Å². The van der Waals surface area contributed by atoms with E-state index in [9.17, 15) is 4.79 Å². The van der Waals surface area contributed by atoms with Crippen LogP contribution in [0.15, 0.2) is 24.3 Å². The SMILES string of the molecule is CCOc1cccc(C(=O)C2CCCNC2)c1. The summed E-state index contributed by atoms with van der Waals surface area (Å²) in [6, 6.07) is 7.49. The third kappa shape index (κ3) is 3.07. The Morgan fingerprint density at radius 1 is 1.53 bits per heavy atom. The second kappa shape index (κ2) is 5.82. The molecule has 17 heavy (non-hydrogen) atoms. The van der Waals surface area contributed by atoms with E-state index in [0.29, 0.717) is 6.61 Å². The van der Waals surface area contributed by atoms with Crippen LogP contribution in [0.3, 0.4) is 0 Å². The van der Waals surface area contributed by atoms with Gasteiger partial charge in [0, 0.05) is 18.0 Å². The highest BCUT2D eigenvalue weighted by Crippen LogP contribution is 2.20. The molecule has 3 heteroatoms. The molecule has 1 N–H and O–H groups in total. The van der Waals surface area contributed by atoms with Crippen LogP contribution in [0.4, 0.5) is 0 Å². The average molecular weight is 233 g/mol. The van der Waals surface area contributed by atoms with Crippen LogP contribution in [-0.4, -0.2) is 25.5 Å². The van der Waals surface area contributed by atoms with Crippen molar-refractivity contribution in [2.24, 2.45) is 5.92 Å². The second-order valence-electron chi connectivity index (χ2n) is 4.37. The van der Waals surface area contributed by atoms with E-state index < -0.39 is 0 Å². The molecule has 92 valence electrons. The van der Waals surface area contributed by atoms with E-state index in [1.54, 1.807) is 0 Å². The molecule has 0 radical (unpaired) electrons. The van der Waals surface area contributed by atoms with Crippen LogP contribution in [0.2, 0.25) is 0 Å². The number of nitrogens with one attached hydrogen (secondary N) is 1. The molecule has 0 saturated carbocycles. The minimum Gasteiger partial charge on any atom is -0.494 e. The molecule has 1 aromatic rings. The van der Waals surface area contributed by atoms with E-state index in [-0.39, 0.29) is 11.7 Å². The quantitative estimate of drug-likeness (QED) is 0.811. The van der Waals surface area contributed by atoms with E-state index in [2.05, 4.69) is 5.32 Å². The molecule has 0 aliphatic carbocycles. The predicted molar refractivity (Wildman–Crippen MR) is 67.5 cm³/mol. The standard InChI is InChI=1S/C14H19NO2/c1-2-17-13-7-3-5-11(9-13)14(16)12-6-4-8-15-10-12/h3,5,7,9,12,15H,2,4,6,8,10H2,1H3. The van der Waals surface area contributed by atoms with Gasteiger partial charge >= 0.3 is 0 Å². The Bertz CT molecular complexity index is 384. The summed E-state index contributed by atoms with van der Waals surface area (Å²) >= 11 is 0. The van der Waals surface area contributed by atoms with Crippen LogP contribution in [0.5, 0.6) is 5.75 Å². The van der Waals surface area contributed by atoms with Crippen LogP contribution in [0.1, 0.15) is 30.1 Å². The molecule has 0 aromatic heterocycles. The van der Waals surface area contributed by atoms with Crippen LogP contribution in [0.25, 0.3) is 0 Å². The van der Waals surface area contributed by atoms with Crippen LogP contribution >= 0.6 is 0 Å². The number of carbonyl (C=O) groups excluding carboxylic acids is 1.